The van der Waals surface area contributed by atoms with E-state index in [9.17, 15) is 0 Å². The highest BCUT2D eigenvalue weighted by Crippen LogP contribution is 2.16. The summed E-state index contributed by atoms with van der Waals surface area (Å²) in [7, 11) is 0. The van der Waals surface area contributed by atoms with E-state index in [1.54, 1.807) is 6.33 Å². The Kier molecular flexibility index (Phi) is 5.19. The summed E-state index contributed by atoms with van der Waals surface area (Å²) in [5.41, 5.74) is 4.20. The minimum absolute atomic E-state index is 0.685. The molecule has 3 rings (SSSR count). The van der Waals surface area contributed by atoms with Crippen LogP contribution in [0.5, 0.6) is 0 Å². The molecule has 1 aromatic carbocycles. The summed E-state index contributed by atoms with van der Waals surface area (Å²) in [5.74, 6) is 0.788. The van der Waals surface area contributed by atoms with Crippen molar-refractivity contribution in [3.63, 3.8) is 0 Å². The van der Waals surface area contributed by atoms with E-state index in [1.165, 1.54) is 49.6 Å². The summed E-state index contributed by atoms with van der Waals surface area (Å²) >= 11 is 0. The predicted octanol–water partition coefficient (Wildman–Crippen LogP) is 4.09. The molecular weight excluding hydrogens is 286 g/mol. The Morgan fingerprint density at radius 2 is 1.78 bits per heavy atom. The summed E-state index contributed by atoms with van der Waals surface area (Å²) in [5, 5.41) is 3.35. The minimum atomic E-state index is 0.685. The molecule has 23 heavy (non-hydrogen) atoms. The Labute approximate surface area is 136 Å². The van der Waals surface area contributed by atoms with Gasteiger partial charge in [-0.3, -0.25) is 0 Å². The molecule has 0 spiro atoms. The number of imidazole rings is 1. The third-order valence-corrected chi connectivity index (χ3v) is 4.02. The molecule has 0 aliphatic heterocycles. The van der Waals surface area contributed by atoms with Gasteiger partial charge in [0, 0.05) is 6.54 Å². The number of hydrogen-bond donors (Lipinski definition) is 2. The fraction of sp³-hybridized carbons (Fsp3) is 0.389. The number of aromatic nitrogens is 4. The number of aryl methyl sites for hydroxylation is 1. The number of nitrogens with zero attached hydrogens (tertiary/aromatic N) is 3. The van der Waals surface area contributed by atoms with E-state index in [0.717, 1.165) is 17.9 Å². The first-order valence-corrected chi connectivity index (χ1v) is 8.32. The third kappa shape index (κ3) is 4.06. The topological polar surface area (TPSA) is 66.5 Å². The van der Waals surface area contributed by atoms with Crippen LogP contribution in [0.25, 0.3) is 11.2 Å². The smallest absolute Gasteiger partial charge is 0.182 e. The highest BCUT2D eigenvalue weighted by Gasteiger charge is 2.05. The van der Waals surface area contributed by atoms with Gasteiger partial charge >= 0.3 is 0 Å². The Morgan fingerprint density at radius 3 is 2.61 bits per heavy atom. The van der Waals surface area contributed by atoms with Crippen molar-refractivity contribution < 1.29 is 0 Å². The van der Waals surface area contributed by atoms with Crippen LogP contribution >= 0.6 is 0 Å². The second-order valence-corrected chi connectivity index (χ2v) is 5.80. The van der Waals surface area contributed by atoms with Crippen molar-refractivity contribution in [1.29, 1.82) is 0 Å². The van der Waals surface area contributed by atoms with Gasteiger partial charge in [0.25, 0.3) is 0 Å². The maximum atomic E-state index is 4.28. The van der Waals surface area contributed by atoms with E-state index in [1.807, 2.05) is 0 Å². The number of hydrogen-bond acceptors (Lipinski definition) is 4. The maximum absolute atomic E-state index is 4.28. The van der Waals surface area contributed by atoms with Crippen LogP contribution in [-0.4, -0.2) is 19.9 Å². The Balaban J connectivity index is 1.55. The number of fused-ring (bicyclic) bond motifs is 1. The quantitative estimate of drug-likeness (QED) is 0.615. The molecule has 0 radical (unpaired) electrons. The van der Waals surface area contributed by atoms with Crippen LogP contribution in [0.15, 0.2) is 36.9 Å². The van der Waals surface area contributed by atoms with Crippen LogP contribution in [0.1, 0.15) is 43.7 Å². The second-order valence-electron chi connectivity index (χ2n) is 5.80. The van der Waals surface area contributed by atoms with Crippen molar-refractivity contribution in [2.45, 2.75) is 45.6 Å². The average Bonchev–Trinajstić information content (AvgIpc) is 3.07. The first kappa shape index (κ1) is 15.5. The van der Waals surface area contributed by atoms with Crippen molar-refractivity contribution in [3.05, 3.63) is 48.0 Å². The molecule has 3 aromatic rings. The lowest BCUT2D eigenvalue weighted by Gasteiger charge is -2.07. The molecule has 2 heterocycles. The molecule has 5 heteroatoms. The standard InChI is InChI=1S/C18H23N5/c1-2-3-4-5-6-14-7-9-15(10-8-14)11-19-17-16-18(21-12-20-16)23-13-22-17/h7-10,12-13H,2-6,11H2,1H3,(H2,19,20,21,22,23). The Morgan fingerprint density at radius 1 is 0.957 bits per heavy atom. The van der Waals surface area contributed by atoms with Crippen LogP contribution in [0.2, 0.25) is 0 Å². The Hall–Kier alpha value is -2.43. The van der Waals surface area contributed by atoms with Gasteiger partial charge in [0.2, 0.25) is 0 Å². The van der Waals surface area contributed by atoms with Crippen LogP contribution in [0, 0.1) is 0 Å². The van der Waals surface area contributed by atoms with Crippen LogP contribution < -0.4 is 5.32 Å². The third-order valence-electron chi connectivity index (χ3n) is 4.02. The van der Waals surface area contributed by atoms with Crippen LogP contribution in [0.3, 0.4) is 0 Å². The second kappa shape index (κ2) is 7.72. The highest BCUT2D eigenvalue weighted by atomic mass is 15.1. The zero-order chi connectivity index (χ0) is 15.9. The van der Waals surface area contributed by atoms with Gasteiger partial charge in [-0.25, -0.2) is 15.0 Å². The van der Waals surface area contributed by atoms with Crippen LogP contribution in [-0.2, 0) is 13.0 Å². The van der Waals surface area contributed by atoms with Crippen molar-refractivity contribution in [1.82, 2.24) is 19.9 Å². The van der Waals surface area contributed by atoms with Crippen molar-refractivity contribution in [3.8, 4) is 0 Å². The molecule has 2 aromatic heterocycles. The number of rotatable bonds is 8. The summed E-state index contributed by atoms with van der Waals surface area (Å²) in [4.78, 5) is 15.6. The van der Waals surface area contributed by atoms with Gasteiger partial charge in [-0.15, -0.1) is 0 Å². The normalized spacial score (nSPS) is 11.0. The minimum Gasteiger partial charge on any atom is -0.364 e. The van der Waals surface area contributed by atoms with Gasteiger partial charge in [-0.1, -0.05) is 50.5 Å². The molecule has 0 unspecified atom stereocenters. The molecule has 0 saturated carbocycles. The number of nitrogens with one attached hydrogen (secondary N) is 2. The largest absolute Gasteiger partial charge is 0.364 e. The monoisotopic (exact) mass is 309 g/mol. The SMILES string of the molecule is CCCCCCc1ccc(CNc2ncnc3nc[nH]c23)cc1. The molecule has 0 amide bonds. The zero-order valence-electron chi connectivity index (χ0n) is 13.5. The number of benzene rings is 1. The maximum Gasteiger partial charge on any atom is 0.182 e. The van der Waals surface area contributed by atoms with Crippen LogP contribution in [0.4, 0.5) is 5.82 Å². The number of H-pyrrole nitrogens is 1. The van der Waals surface area contributed by atoms with E-state index in [4.69, 9.17) is 0 Å². The highest BCUT2D eigenvalue weighted by molar-refractivity contribution is 5.81. The number of anilines is 1. The molecule has 2 N–H and O–H groups in total. The van der Waals surface area contributed by atoms with Crippen molar-refractivity contribution in [2.24, 2.45) is 0 Å². The number of unbranched alkanes of at least 4 members (excludes halogenated alkanes) is 3. The first-order valence-electron chi connectivity index (χ1n) is 8.32. The van der Waals surface area contributed by atoms with Gasteiger partial charge in [-0.05, 0) is 24.0 Å². The summed E-state index contributed by atoms with van der Waals surface area (Å²) in [6, 6.07) is 8.84. The van der Waals surface area contributed by atoms with Crippen molar-refractivity contribution in [2.75, 3.05) is 5.32 Å². The van der Waals surface area contributed by atoms with Gasteiger partial charge in [0.05, 0.1) is 6.33 Å². The Bertz CT molecular complexity index is 733. The van der Waals surface area contributed by atoms with E-state index in [0.29, 0.717) is 5.65 Å². The molecule has 0 saturated heterocycles. The van der Waals surface area contributed by atoms with E-state index in [-0.39, 0.29) is 0 Å². The molecule has 0 atom stereocenters. The molecule has 0 bridgehead atoms. The number of aromatic amines is 1. The fourth-order valence-corrected chi connectivity index (χ4v) is 2.66. The molecular formula is C18H23N5. The lowest BCUT2D eigenvalue weighted by atomic mass is 10.0. The lowest BCUT2D eigenvalue weighted by Crippen LogP contribution is -2.02. The summed E-state index contributed by atoms with van der Waals surface area (Å²) < 4.78 is 0. The molecule has 0 aliphatic rings. The van der Waals surface area contributed by atoms with E-state index in [2.05, 4.69) is 56.4 Å². The van der Waals surface area contributed by atoms with Crippen molar-refractivity contribution >= 4 is 17.0 Å². The summed E-state index contributed by atoms with van der Waals surface area (Å²) in [6.45, 7) is 2.98. The fourth-order valence-electron chi connectivity index (χ4n) is 2.66. The molecule has 5 nitrogen and oxygen atoms in total. The summed E-state index contributed by atoms with van der Waals surface area (Å²) in [6.07, 6.45) is 9.58. The molecule has 120 valence electrons. The lowest BCUT2D eigenvalue weighted by molar-refractivity contribution is 0.667. The predicted molar refractivity (Wildman–Crippen MR) is 93.3 cm³/mol. The zero-order valence-corrected chi connectivity index (χ0v) is 13.5. The van der Waals surface area contributed by atoms with Gasteiger partial charge in [0.1, 0.15) is 11.8 Å². The van der Waals surface area contributed by atoms with E-state index < -0.39 is 0 Å². The first-order chi connectivity index (χ1) is 11.4. The molecule has 0 fully saturated rings. The molecule has 0 aliphatic carbocycles. The van der Waals surface area contributed by atoms with Gasteiger partial charge < -0.3 is 10.3 Å². The van der Waals surface area contributed by atoms with Gasteiger partial charge in [0.15, 0.2) is 11.5 Å². The van der Waals surface area contributed by atoms with Gasteiger partial charge in [-0.2, -0.15) is 0 Å². The van der Waals surface area contributed by atoms with E-state index >= 15 is 0 Å². The average molecular weight is 309 g/mol.